The first-order valence-electron chi connectivity index (χ1n) is 5.87. The molecule has 0 heterocycles. The van der Waals surface area contributed by atoms with Gasteiger partial charge in [-0.1, -0.05) is 24.3 Å². The van der Waals surface area contributed by atoms with E-state index in [0.717, 1.165) is 11.1 Å². The molecule has 0 radical (unpaired) electrons. The number of benzene rings is 2. The maximum Gasteiger partial charge on any atom is 0.123 e. The Morgan fingerprint density at radius 2 is 1.21 bits per heavy atom. The van der Waals surface area contributed by atoms with Crippen LogP contribution in [0.1, 0.15) is 17.5 Å². The molecule has 2 aromatic rings. The third-order valence-electron chi connectivity index (χ3n) is 3.10. The molecule has 0 saturated heterocycles. The number of thiol groups is 1. The molecule has 0 fully saturated rings. The lowest BCUT2D eigenvalue weighted by atomic mass is 9.88. The van der Waals surface area contributed by atoms with Crippen LogP contribution >= 0.6 is 24.2 Å². The van der Waals surface area contributed by atoms with E-state index in [-0.39, 0.29) is 11.6 Å². The second-order valence-corrected chi connectivity index (χ2v) is 5.45. The molecule has 0 nitrogen and oxygen atoms in total. The Morgan fingerprint density at radius 3 is 1.53 bits per heavy atom. The number of halogens is 3. The van der Waals surface area contributed by atoms with Gasteiger partial charge in [0.05, 0.1) is 4.75 Å². The van der Waals surface area contributed by atoms with Crippen molar-refractivity contribution >= 4 is 24.2 Å². The molecule has 0 aliphatic heterocycles. The average Bonchev–Trinajstić information content (AvgIpc) is 2.40. The first-order chi connectivity index (χ1) is 9.06. The van der Waals surface area contributed by atoms with E-state index in [4.69, 9.17) is 24.2 Å². The van der Waals surface area contributed by atoms with Gasteiger partial charge in [0.25, 0.3) is 0 Å². The van der Waals surface area contributed by atoms with Crippen molar-refractivity contribution in [1.29, 1.82) is 0 Å². The fourth-order valence-corrected chi connectivity index (χ4v) is 2.87. The molecule has 100 valence electrons. The number of rotatable bonds is 4. The maximum atomic E-state index is 13.0. The lowest BCUT2D eigenvalue weighted by Gasteiger charge is -2.29. The molecule has 2 aromatic carbocycles. The fraction of sp³-hybridized carbons (Fsp3) is 0.200. The molecule has 0 atom stereocenters. The highest BCUT2D eigenvalue weighted by Crippen LogP contribution is 2.39. The summed E-state index contributed by atoms with van der Waals surface area (Å²) in [6, 6.07) is 12.3. The summed E-state index contributed by atoms with van der Waals surface area (Å²) in [6.07, 6.45) is 0.564. The zero-order valence-corrected chi connectivity index (χ0v) is 11.8. The number of hydrogen-bond donors (Lipinski definition) is 1. The molecule has 0 aromatic heterocycles. The average molecular weight is 299 g/mol. The lowest BCUT2D eigenvalue weighted by molar-refractivity contribution is 0.621. The first-order valence-corrected chi connectivity index (χ1v) is 6.85. The van der Waals surface area contributed by atoms with Crippen LogP contribution in [0.4, 0.5) is 8.78 Å². The minimum Gasteiger partial charge on any atom is -0.207 e. The zero-order valence-electron chi connectivity index (χ0n) is 10.1. The molecular formula is C15H13ClF2S. The summed E-state index contributed by atoms with van der Waals surface area (Å²) in [6.45, 7) is 0. The van der Waals surface area contributed by atoms with Gasteiger partial charge in [0.1, 0.15) is 11.6 Å². The Hall–Kier alpha value is -1.06. The van der Waals surface area contributed by atoms with Gasteiger partial charge in [-0.25, -0.2) is 8.78 Å². The van der Waals surface area contributed by atoms with Crippen molar-refractivity contribution in [3.8, 4) is 0 Å². The molecule has 0 N–H and O–H groups in total. The van der Waals surface area contributed by atoms with Gasteiger partial charge in [-0.2, -0.15) is 12.6 Å². The third-order valence-corrected chi connectivity index (χ3v) is 4.03. The van der Waals surface area contributed by atoms with Crippen LogP contribution in [0.15, 0.2) is 48.5 Å². The zero-order chi connectivity index (χ0) is 13.9. The SMILES string of the molecule is Fc1ccc(C(S)(CCCl)c2ccc(F)cc2)cc1. The summed E-state index contributed by atoms with van der Waals surface area (Å²) < 4.78 is 25.4. The molecule has 0 aliphatic carbocycles. The van der Waals surface area contributed by atoms with Gasteiger partial charge in [0.15, 0.2) is 0 Å². The monoisotopic (exact) mass is 298 g/mol. The molecule has 2 rings (SSSR count). The first kappa shape index (κ1) is 14.4. The Morgan fingerprint density at radius 1 is 0.842 bits per heavy atom. The quantitative estimate of drug-likeness (QED) is 0.610. The van der Waals surface area contributed by atoms with Crippen LogP contribution in [0.5, 0.6) is 0 Å². The summed E-state index contributed by atoms with van der Waals surface area (Å²) in [4.78, 5) is 0. The van der Waals surface area contributed by atoms with Gasteiger partial charge in [-0.15, -0.1) is 11.6 Å². The molecular weight excluding hydrogens is 286 g/mol. The van der Waals surface area contributed by atoms with Crippen LogP contribution in [-0.4, -0.2) is 5.88 Å². The summed E-state index contributed by atoms with van der Waals surface area (Å²) in [5.74, 6) is -0.202. The lowest BCUT2D eigenvalue weighted by Crippen LogP contribution is -2.21. The predicted octanol–water partition coefficient (Wildman–Crippen LogP) is 4.77. The molecule has 19 heavy (non-hydrogen) atoms. The molecule has 0 aliphatic rings. The Balaban J connectivity index is 2.47. The van der Waals surface area contributed by atoms with Crippen LogP contribution in [0.2, 0.25) is 0 Å². The Labute approximate surface area is 121 Å². The van der Waals surface area contributed by atoms with Crippen molar-refractivity contribution in [2.24, 2.45) is 0 Å². The van der Waals surface area contributed by atoms with Crippen molar-refractivity contribution in [3.63, 3.8) is 0 Å². The van der Waals surface area contributed by atoms with E-state index < -0.39 is 4.75 Å². The largest absolute Gasteiger partial charge is 0.207 e. The van der Waals surface area contributed by atoms with Gasteiger partial charge < -0.3 is 0 Å². The Kier molecular flexibility index (Phi) is 4.48. The van der Waals surface area contributed by atoms with Crippen molar-refractivity contribution in [1.82, 2.24) is 0 Å². The van der Waals surface area contributed by atoms with Crippen LogP contribution in [-0.2, 0) is 4.75 Å². The second-order valence-electron chi connectivity index (χ2n) is 4.31. The predicted molar refractivity (Wildman–Crippen MR) is 77.9 cm³/mol. The van der Waals surface area contributed by atoms with Gasteiger partial charge in [0, 0.05) is 5.88 Å². The fourth-order valence-electron chi connectivity index (χ4n) is 2.04. The molecule has 0 saturated carbocycles. The van der Waals surface area contributed by atoms with Crippen LogP contribution in [0.25, 0.3) is 0 Å². The van der Waals surface area contributed by atoms with Crippen molar-refractivity contribution in [2.45, 2.75) is 11.2 Å². The number of alkyl halides is 1. The third kappa shape index (κ3) is 3.10. The van der Waals surface area contributed by atoms with E-state index in [1.54, 1.807) is 24.3 Å². The van der Waals surface area contributed by atoms with Gasteiger partial charge in [-0.3, -0.25) is 0 Å². The van der Waals surface area contributed by atoms with Crippen molar-refractivity contribution < 1.29 is 8.78 Å². The smallest absolute Gasteiger partial charge is 0.123 e. The van der Waals surface area contributed by atoms with E-state index in [1.165, 1.54) is 24.3 Å². The van der Waals surface area contributed by atoms with E-state index in [1.807, 2.05) is 0 Å². The topological polar surface area (TPSA) is 0 Å². The minimum atomic E-state index is -0.650. The van der Waals surface area contributed by atoms with E-state index in [0.29, 0.717) is 12.3 Å². The van der Waals surface area contributed by atoms with E-state index in [9.17, 15) is 8.78 Å². The second kappa shape index (κ2) is 5.93. The molecule has 0 bridgehead atoms. The molecule has 4 heteroatoms. The van der Waals surface area contributed by atoms with Crippen LogP contribution < -0.4 is 0 Å². The highest BCUT2D eigenvalue weighted by molar-refractivity contribution is 7.81. The molecule has 0 unspecified atom stereocenters. The van der Waals surface area contributed by atoms with Gasteiger partial charge in [-0.05, 0) is 41.8 Å². The van der Waals surface area contributed by atoms with Crippen molar-refractivity contribution in [2.75, 3.05) is 5.88 Å². The highest BCUT2D eigenvalue weighted by atomic mass is 35.5. The van der Waals surface area contributed by atoms with Crippen LogP contribution in [0.3, 0.4) is 0 Å². The molecule has 0 amide bonds. The number of hydrogen-bond acceptors (Lipinski definition) is 1. The normalized spacial score (nSPS) is 11.6. The van der Waals surface area contributed by atoms with Crippen LogP contribution in [0, 0.1) is 11.6 Å². The molecule has 0 spiro atoms. The maximum absolute atomic E-state index is 13.0. The van der Waals surface area contributed by atoms with E-state index in [2.05, 4.69) is 0 Å². The summed E-state index contributed by atoms with van der Waals surface area (Å²) >= 11 is 10.6. The summed E-state index contributed by atoms with van der Waals surface area (Å²) in [7, 11) is 0. The van der Waals surface area contributed by atoms with Gasteiger partial charge in [0.2, 0.25) is 0 Å². The Bertz CT molecular complexity index is 492. The van der Waals surface area contributed by atoms with Gasteiger partial charge >= 0.3 is 0 Å². The standard InChI is InChI=1S/C15H13ClF2S/c16-10-9-15(19,11-1-5-13(17)6-2-11)12-3-7-14(18)8-4-12/h1-8,19H,9-10H2. The minimum absolute atomic E-state index is 0.301. The van der Waals surface area contributed by atoms with Crippen molar-refractivity contribution in [3.05, 3.63) is 71.3 Å². The summed E-state index contributed by atoms with van der Waals surface area (Å²) in [5, 5.41) is 0. The van der Waals surface area contributed by atoms with E-state index >= 15 is 0 Å². The highest BCUT2D eigenvalue weighted by Gasteiger charge is 2.29. The summed E-state index contributed by atoms with van der Waals surface area (Å²) in [5.41, 5.74) is 1.67.